The predicted molar refractivity (Wildman–Crippen MR) is 120 cm³/mol. The van der Waals surface area contributed by atoms with Crippen molar-refractivity contribution in [2.24, 2.45) is 5.41 Å². The molecule has 1 aliphatic heterocycles. The molecule has 2 atom stereocenters. The quantitative estimate of drug-likeness (QED) is 0.664. The van der Waals surface area contributed by atoms with Crippen molar-refractivity contribution in [2.75, 3.05) is 0 Å². The number of aliphatic hydroxyl groups is 1. The molecule has 0 spiro atoms. The van der Waals surface area contributed by atoms with E-state index in [1.165, 1.54) is 11.6 Å². The number of carbonyl (C=O) groups excluding carboxylic acids is 1. The molecule has 162 valence electrons. The maximum atomic E-state index is 14.1. The topological polar surface area (TPSA) is 46.5 Å². The van der Waals surface area contributed by atoms with Gasteiger partial charge in [-0.2, -0.15) is 0 Å². The number of halogens is 1. The maximum Gasteiger partial charge on any atom is 0.309 e. The lowest BCUT2D eigenvalue weighted by atomic mass is 9.77. The molecule has 0 saturated carbocycles. The van der Waals surface area contributed by atoms with E-state index in [0.717, 1.165) is 35.1 Å². The molecule has 1 heterocycles. The maximum absolute atomic E-state index is 14.1. The van der Waals surface area contributed by atoms with Gasteiger partial charge >= 0.3 is 5.97 Å². The minimum atomic E-state index is -0.674. The zero-order chi connectivity index (χ0) is 22.2. The van der Waals surface area contributed by atoms with E-state index >= 15 is 0 Å². The van der Waals surface area contributed by atoms with Gasteiger partial charge in [0.1, 0.15) is 11.9 Å². The van der Waals surface area contributed by atoms with Crippen LogP contribution in [-0.4, -0.2) is 23.3 Å². The number of cyclic esters (lactones) is 1. The summed E-state index contributed by atoms with van der Waals surface area (Å²) in [5, 5.41) is 9.97. The fourth-order valence-corrected chi connectivity index (χ4v) is 4.60. The average Bonchev–Trinajstić information content (AvgIpc) is 2.82. The van der Waals surface area contributed by atoms with Crippen LogP contribution in [-0.2, 0) is 16.0 Å². The van der Waals surface area contributed by atoms with Gasteiger partial charge in [-0.25, -0.2) is 4.39 Å². The van der Waals surface area contributed by atoms with E-state index in [2.05, 4.69) is 32.0 Å². The summed E-state index contributed by atoms with van der Waals surface area (Å²) in [5.41, 5.74) is 6.07. The van der Waals surface area contributed by atoms with Gasteiger partial charge in [0.25, 0.3) is 0 Å². The molecule has 0 unspecified atom stereocenters. The van der Waals surface area contributed by atoms with Crippen LogP contribution in [0, 0.1) is 18.2 Å². The van der Waals surface area contributed by atoms with E-state index < -0.39 is 12.2 Å². The molecule has 31 heavy (non-hydrogen) atoms. The van der Waals surface area contributed by atoms with Gasteiger partial charge in [0.05, 0.1) is 12.5 Å². The molecule has 2 aliphatic rings. The zero-order valence-corrected chi connectivity index (χ0v) is 18.3. The molecule has 2 aromatic rings. The van der Waals surface area contributed by atoms with Gasteiger partial charge < -0.3 is 9.84 Å². The van der Waals surface area contributed by atoms with Gasteiger partial charge in [-0.15, -0.1) is 0 Å². The van der Waals surface area contributed by atoms with Gasteiger partial charge in [0, 0.05) is 6.42 Å². The average molecular weight is 421 g/mol. The van der Waals surface area contributed by atoms with E-state index in [4.69, 9.17) is 4.74 Å². The van der Waals surface area contributed by atoms with Crippen molar-refractivity contribution in [1.29, 1.82) is 0 Å². The Morgan fingerprint density at radius 3 is 2.71 bits per heavy atom. The Bertz CT molecular complexity index is 1060. The molecule has 0 radical (unpaired) electrons. The summed E-state index contributed by atoms with van der Waals surface area (Å²) in [6.45, 7) is 6.22. The molecule has 1 N–H and O–H groups in total. The first-order chi connectivity index (χ1) is 14.7. The van der Waals surface area contributed by atoms with Crippen LogP contribution in [0.25, 0.3) is 5.57 Å². The van der Waals surface area contributed by atoms with Crippen molar-refractivity contribution < 1.29 is 19.0 Å². The number of esters is 1. The van der Waals surface area contributed by atoms with Gasteiger partial charge in [0.15, 0.2) is 0 Å². The molecule has 3 nitrogen and oxygen atoms in total. The predicted octanol–water partition coefficient (Wildman–Crippen LogP) is 5.53. The lowest BCUT2D eigenvalue weighted by Crippen LogP contribution is -2.31. The highest BCUT2D eigenvalue weighted by atomic mass is 19.1. The summed E-state index contributed by atoms with van der Waals surface area (Å²) in [5.74, 6) is -0.590. The van der Waals surface area contributed by atoms with E-state index in [0.29, 0.717) is 12.0 Å². The first-order valence-corrected chi connectivity index (χ1v) is 10.9. The monoisotopic (exact) mass is 420 g/mol. The third kappa shape index (κ3) is 4.49. The van der Waals surface area contributed by atoms with Crippen molar-refractivity contribution >= 4 is 11.5 Å². The summed E-state index contributed by atoms with van der Waals surface area (Å²) in [6, 6.07) is 13.7. The van der Waals surface area contributed by atoms with Gasteiger partial charge in [0.2, 0.25) is 0 Å². The Balaban J connectivity index is 1.89. The highest BCUT2D eigenvalue weighted by Crippen LogP contribution is 2.45. The van der Waals surface area contributed by atoms with Crippen LogP contribution in [0.1, 0.15) is 55.4 Å². The molecule has 2 aromatic carbocycles. The number of ether oxygens (including phenoxy) is 1. The molecule has 0 bridgehead atoms. The zero-order valence-electron chi connectivity index (χ0n) is 18.3. The number of hydrogen-bond donors (Lipinski definition) is 1. The molecule has 1 aliphatic carbocycles. The highest BCUT2D eigenvalue weighted by Gasteiger charge is 2.31. The molecule has 4 heteroatoms. The van der Waals surface area contributed by atoms with Crippen molar-refractivity contribution in [2.45, 2.75) is 58.7 Å². The molecular weight excluding hydrogens is 391 g/mol. The van der Waals surface area contributed by atoms with Crippen LogP contribution < -0.4 is 0 Å². The van der Waals surface area contributed by atoms with E-state index in [1.807, 2.05) is 30.4 Å². The Labute approximate surface area is 183 Å². The molecular formula is C27H29FO3. The van der Waals surface area contributed by atoms with E-state index in [-0.39, 0.29) is 23.6 Å². The summed E-state index contributed by atoms with van der Waals surface area (Å²) in [7, 11) is 0. The number of carbonyl (C=O) groups is 1. The summed E-state index contributed by atoms with van der Waals surface area (Å²) in [4.78, 5) is 11.8. The standard InChI is InChI=1S/C27H29FO3/c1-17-14-19(8-11-24(17)28)26-22-7-5-4-6-18(22)12-13-27(2,3)23(26)10-9-21-15-20(29)16-25(30)31-21/h4-11,14,20-21,29H,12-13,15-16H2,1-3H3/b10-9+/t20-,21-/m1/s1. The Morgan fingerprint density at radius 1 is 1.19 bits per heavy atom. The van der Waals surface area contributed by atoms with Crippen molar-refractivity contribution in [3.05, 3.63) is 88.3 Å². The molecule has 1 fully saturated rings. The SMILES string of the molecule is Cc1cc(C2=C(/C=C/[C@@H]3C[C@@H](O)CC(=O)O3)C(C)(C)CCc3ccccc32)ccc1F. The van der Waals surface area contributed by atoms with Crippen molar-refractivity contribution in [3.63, 3.8) is 0 Å². The second-order valence-electron chi connectivity index (χ2n) is 9.27. The summed E-state index contributed by atoms with van der Waals surface area (Å²) in [6.07, 6.45) is 5.17. The molecule has 1 saturated heterocycles. The number of aryl methyl sites for hydroxylation is 2. The number of hydrogen-bond acceptors (Lipinski definition) is 3. The molecule has 0 amide bonds. The normalized spacial score (nSPS) is 23.5. The molecule has 0 aromatic heterocycles. The van der Waals surface area contributed by atoms with Crippen LogP contribution in [0.3, 0.4) is 0 Å². The highest BCUT2D eigenvalue weighted by molar-refractivity contribution is 5.86. The van der Waals surface area contributed by atoms with Gasteiger partial charge in [-0.1, -0.05) is 50.3 Å². The van der Waals surface area contributed by atoms with Crippen molar-refractivity contribution in [3.8, 4) is 0 Å². The van der Waals surface area contributed by atoms with Crippen LogP contribution in [0.2, 0.25) is 0 Å². The van der Waals surface area contributed by atoms with Crippen LogP contribution >= 0.6 is 0 Å². The number of fused-ring (bicyclic) bond motifs is 1. The fourth-order valence-electron chi connectivity index (χ4n) is 4.60. The third-order valence-electron chi connectivity index (χ3n) is 6.42. The Hall–Kier alpha value is -2.72. The van der Waals surface area contributed by atoms with Gasteiger partial charge in [-0.05, 0) is 76.8 Å². The number of allylic oxidation sites excluding steroid dienone is 2. The van der Waals surface area contributed by atoms with E-state index in [1.54, 1.807) is 6.92 Å². The van der Waals surface area contributed by atoms with E-state index in [9.17, 15) is 14.3 Å². The number of aliphatic hydroxyl groups excluding tert-OH is 1. The fraction of sp³-hybridized carbons (Fsp3) is 0.370. The smallest absolute Gasteiger partial charge is 0.309 e. The van der Waals surface area contributed by atoms with Gasteiger partial charge in [-0.3, -0.25) is 4.79 Å². The van der Waals surface area contributed by atoms with Crippen LogP contribution in [0.15, 0.2) is 60.2 Å². The summed E-state index contributed by atoms with van der Waals surface area (Å²) >= 11 is 0. The Kier molecular flexibility index (Phi) is 5.85. The number of rotatable bonds is 3. The minimum Gasteiger partial charge on any atom is -0.458 e. The second-order valence-corrected chi connectivity index (χ2v) is 9.27. The third-order valence-corrected chi connectivity index (χ3v) is 6.42. The summed E-state index contributed by atoms with van der Waals surface area (Å²) < 4.78 is 19.5. The lowest BCUT2D eigenvalue weighted by Gasteiger charge is -2.29. The largest absolute Gasteiger partial charge is 0.458 e. The van der Waals surface area contributed by atoms with Crippen LogP contribution in [0.5, 0.6) is 0 Å². The first-order valence-electron chi connectivity index (χ1n) is 10.9. The van der Waals surface area contributed by atoms with Crippen LogP contribution in [0.4, 0.5) is 4.39 Å². The first kappa shape index (κ1) is 21.5. The Morgan fingerprint density at radius 2 is 1.97 bits per heavy atom. The minimum absolute atomic E-state index is 0.0476. The lowest BCUT2D eigenvalue weighted by molar-refractivity contribution is -0.156. The number of benzene rings is 2. The van der Waals surface area contributed by atoms with Crippen molar-refractivity contribution in [1.82, 2.24) is 0 Å². The second kappa shape index (κ2) is 8.43. The molecule has 4 rings (SSSR count).